The number of ether oxygens (including phenoxy) is 2. The van der Waals surface area contributed by atoms with Crippen LogP contribution in [0.15, 0.2) is 70.7 Å². The Morgan fingerprint density at radius 1 is 1.00 bits per heavy atom. The van der Waals surface area contributed by atoms with Gasteiger partial charge in [-0.05, 0) is 49.2 Å². The molecule has 2 aliphatic rings. The molecule has 3 aromatic carbocycles. The van der Waals surface area contributed by atoms with Crippen LogP contribution in [-0.2, 0) is 9.59 Å². The van der Waals surface area contributed by atoms with Gasteiger partial charge < -0.3 is 14.6 Å². The Morgan fingerprint density at radius 2 is 1.79 bits per heavy atom. The molecule has 0 bridgehead atoms. The highest BCUT2D eigenvalue weighted by atomic mass is 79.9. The van der Waals surface area contributed by atoms with Gasteiger partial charge in [-0.2, -0.15) is 0 Å². The molecule has 166 valence electrons. The van der Waals surface area contributed by atoms with Crippen molar-refractivity contribution in [1.82, 2.24) is 0 Å². The lowest BCUT2D eigenvalue weighted by Crippen LogP contribution is -2.29. The first-order valence-corrected chi connectivity index (χ1v) is 11.2. The van der Waals surface area contributed by atoms with Crippen LogP contribution in [0.3, 0.4) is 0 Å². The zero-order chi connectivity index (χ0) is 23.3. The van der Waals surface area contributed by atoms with Crippen LogP contribution in [0.25, 0.3) is 5.76 Å². The molecular weight excluding hydrogens is 486 g/mol. The number of aliphatic hydroxyl groups is 1. The summed E-state index contributed by atoms with van der Waals surface area (Å²) in [5, 5.41) is 11.3. The fraction of sp³-hybridized carbons (Fsp3) is 0.154. The van der Waals surface area contributed by atoms with Gasteiger partial charge in [-0.1, -0.05) is 51.8 Å². The topological polar surface area (TPSA) is 76.1 Å². The first-order chi connectivity index (χ1) is 15.8. The fourth-order valence-electron chi connectivity index (χ4n) is 4.24. The molecule has 0 aliphatic carbocycles. The normalized spacial score (nSPS) is 18.8. The van der Waals surface area contributed by atoms with Crippen molar-refractivity contribution in [2.45, 2.75) is 19.9 Å². The quantitative estimate of drug-likeness (QED) is 0.292. The summed E-state index contributed by atoms with van der Waals surface area (Å²) in [6.45, 7) is 3.93. The monoisotopic (exact) mass is 505 g/mol. The Kier molecular flexibility index (Phi) is 5.21. The number of Topliss-reactive ketones (excluding diaryl/α,β-unsaturated/α-hetero) is 1. The van der Waals surface area contributed by atoms with Gasteiger partial charge in [0.1, 0.15) is 5.76 Å². The molecule has 1 amide bonds. The second-order valence-corrected chi connectivity index (χ2v) is 8.94. The summed E-state index contributed by atoms with van der Waals surface area (Å²) >= 11 is 3.46. The van der Waals surface area contributed by atoms with Crippen LogP contribution in [0, 0.1) is 13.8 Å². The van der Waals surface area contributed by atoms with E-state index in [0.717, 1.165) is 21.2 Å². The molecule has 6 nitrogen and oxygen atoms in total. The number of nitrogens with zero attached hydrogens (tertiary/aromatic N) is 1. The largest absolute Gasteiger partial charge is 0.507 e. The number of amides is 1. The highest BCUT2D eigenvalue weighted by Gasteiger charge is 2.47. The number of carbonyl (C=O) groups is 2. The number of hydrogen-bond acceptors (Lipinski definition) is 5. The van der Waals surface area contributed by atoms with Crippen molar-refractivity contribution in [1.29, 1.82) is 0 Å². The van der Waals surface area contributed by atoms with Gasteiger partial charge in [-0.15, -0.1) is 0 Å². The van der Waals surface area contributed by atoms with Crippen molar-refractivity contribution in [3.8, 4) is 11.5 Å². The minimum atomic E-state index is -0.797. The van der Waals surface area contributed by atoms with E-state index in [9.17, 15) is 14.7 Å². The van der Waals surface area contributed by atoms with Crippen LogP contribution in [0.2, 0.25) is 0 Å². The number of halogens is 1. The Morgan fingerprint density at radius 3 is 2.55 bits per heavy atom. The number of rotatable bonds is 3. The van der Waals surface area contributed by atoms with Crippen molar-refractivity contribution < 1.29 is 24.2 Å². The third kappa shape index (κ3) is 3.58. The smallest absolute Gasteiger partial charge is 0.300 e. The average Bonchev–Trinajstić information content (AvgIpc) is 3.37. The maximum atomic E-state index is 13.3. The zero-order valence-electron chi connectivity index (χ0n) is 18.0. The van der Waals surface area contributed by atoms with E-state index in [2.05, 4.69) is 15.9 Å². The molecule has 0 aromatic heterocycles. The predicted octanol–water partition coefficient (Wildman–Crippen LogP) is 5.42. The molecule has 1 N–H and O–H groups in total. The minimum Gasteiger partial charge on any atom is -0.507 e. The first kappa shape index (κ1) is 21.3. The highest BCUT2D eigenvalue weighted by molar-refractivity contribution is 9.10. The molecule has 0 spiro atoms. The number of aliphatic hydroxyl groups excluding tert-OH is 1. The maximum absolute atomic E-state index is 13.3. The Balaban J connectivity index is 1.72. The SMILES string of the molecule is Cc1cccc(C2/C(=C(\O)c3ccc(Br)c(C)c3)C(=O)C(=O)N2c2ccc3c(c2)OCO3)c1. The summed E-state index contributed by atoms with van der Waals surface area (Å²) in [5.41, 5.74) is 3.60. The van der Waals surface area contributed by atoms with Crippen molar-refractivity contribution in [2.24, 2.45) is 0 Å². The number of fused-ring (bicyclic) bond motifs is 1. The molecule has 0 radical (unpaired) electrons. The van der Waals surface area contributed by atoms with E-state index < -0.39 is 17.7 Å². The van der Waals surface area contributed by atoms with Crippen LogP contribution in [0.5, 0.6) is 11.5 Å². The number of ketones is 1. The van der Waals surface area contributed by atoms with Crippen LogP contribution in [-0.4, -0.2) is 23.6 Å². The second-order valence-electron chi connectivity index (χ2n) is 8.08. The molecule has 1 atom stereocenters. The van der Waals surface area contributed by atoms with Crippen LogP contribution in [0.4, 0.5) is 5.69 Å². The zero-order valence-corrected chi connectivity index (χ0v) is 19.5. The van der Waals surface area contributed by atoms with E-state index in [-0.39, 0.29) is 18.1 Å². The summed E-state index contributed by atoms with van der Waals surface area (Å²) in [4.78, 5) is 28.0. The van der Waals surface area contributed by atoms with Crippen molar-refractivity contribution >= 4 is 39.1 Å². The minimum absolute atomic E-state index is 0.0463. The second kappa shape index (κ2) is 8.08. The van der Waals surface area contributed by atoms with E-state index in [1.807, 2.05) is 38.1 Å². The van der Waals surface area contributed by atoms with Gasteiger partial charge in [-0.25, -0.2) is 0 Å². The van der Waals surface area contributed by atoms with Crippen LogP contribution in [0.1, 0.15) is 28.3 Å². The van der Waals surface area contributed by atoms with Gasteiger partial charge in [0.2, 0.25) is 6.79 Å². The molecule has 0 saturated carbocycles. The summed E-state index contributed by atoms with van der Waals surface area (Å²) < 4.78 is 11.7. The summed E-state index contributed by atoms with van der Waals surface area (Å²) in [6, 6.07) is 17.2. The summed E-state index contributed by atoms with van der Waals surface area (Å²) in [7, 11) is 0. The fourth-order valence-corrected chi connectivity index (χ4v) is 4.48. The third-order valence-electron chi connectivity index (χ3n) is 5.87. The molecule has 1 unspecified atom stereocenters. The average molecular weight is 506 g/mol. The molecule has 1 saturated heterocycles. The number of aryl methyl sites for hydroxylation is 2. The van der Waals surface area contributed by atoms with E-state index in [1.165, 1.54) is 4.90 Å². The van der Waals surface area contributed by atoms with E-state index in [4.69, 9.17) is 9.47 Å². The summed E-state index contributed by atoms with van der Waals surface area (Å²) in [5.74, 6) is -0.583. The molecule has 7 heteroatoms. The summed E-state index contributed by atoms with van der Waals surface area (Å²) in [6.07, 6.45) is 0. The molecule has 2 heterocycles. The van der Waals surface area contributed by atoms with Crippen LogP contribution >= 0.6 is 15.9 Å². The molecule has 3 aromatic rings. The van der Waals surface area contributed by atoms with Gasteiger partial charge in [0.15, 0.2) is 11.5 Å². The van der Waals surface area contributed by atoms with Crippen LogP contribution < -0.4 is 14.4 Å². The Hall–Kier alpha value is -3.58. The van der Waals surface area contributed by atoms with Gasteiger partial charge >= 0.3 is 0 Å². The lowest BCUT2D eigenvalue weighted by molar-refractivity contribution is -0.132. The molecule has 5 rings (SSSR count). The van der Waals surface area contributed by atoms with Crippen molar-refractivity contribution in [2.75, 3.05) is 11.7 Å². The van der Waals surface area contributed by atoms with Gasteiger partial charge in [-0.3, -0.25) is 14.5 Å². The number of hydrogen-bond donors (Lipinski definition) is 1. The van der Waals surface area contributed by atoms with E-state index >= 15 is 0 Å². The lowest BCUT2D eigenvalue weighted by atomic mass is 9.94. The Labute approximate surface area is 199 Å². The van der Waals surface area contributed by atoms with Gasteiger partial charge in [0, 0.05) is 21.8 Å². The lowest BCUT2D eigenvalue weighted by Gasteiger charge is -2.26. The van der Waals surface area contributed by atoms with Crippen molar-refractivity contribution in [3.05, 3.63) is 93.0 Å². The first-order valence-electron chi connectivity index (χ1n) is 10.4. The van der Waals surface area contributed by atoms with Gasteiger partial charge in [0.05, 0.1) is 11.6 Å². The van der Waals surface area contributed by atoms with E-state index in [1.54, 1.807) is 36.4 Å². The molecule has 1 fully saturated rings. The van der Waals surface area contributed by atoms with E-state index in [0.29, 0.717) is 22.7 Å². The molecule has 2 aliphatic heterocycles. The Bertz CT molecular complexity index is 1350. The number of anilines is 1. The third-order valence-corrected chi connectivity index (χ3v) is 6.76. The highest BCUT2D eigenvalue weighted by Crippen LogP contribution is 2.45. The molecular formula is C26H20BrNO5. The van der Waals surface area contributed by atoms with Crippen molar-refractivity contribution in [3.63, 3.8) is 0 Å². The van der Waals surface area contributed by atoms with Gasteiger partial charge in [0.25, 0.3) is 11.7 Å². The number of carbonyl (C=O) groups excluding carboxylic acids is 2. The maximum Gasteiger partial charge on any atom is 0.300 e. The number of benzene rings is 3. The molecule has 33 heavy (non-hydrogen) atoms. The standard InChI is InChI=1S/C26H20BrNO5/c1-14-4-3-5-16(10-14)23-22(24(29)17-6-8-19(27)15(2)11-17)25(30)26(31)28(23)18-7-9-20-21(12-18)33-13-32-20/h3-12,23,29H,13H2,1-2H3/b24-22+. The predicted molar refractivity (Wildman–Crippen MR) is 127 cm³/mol.